The van der Waals surface area contributed by atoms with Crippen LogP contribution in [0.2, 0.25) is 0 Å². The summed E-state index contributed by atoms with van der Waals surface area (Å²) in [6.07, 6.45) is -0.815. The van der Waals surface area contributed by atoms with Crippen molar-refractivity contribution in [3.8, 4) is 0 Å². The van der Waals surface area contributed by atoms with Crippen molar-refractivity contribution in [1.82, 2.24) is 15.5 Å². The second-order valence-corrected chi connectivity index (χ2v) is 9.14. The van der Waals surface area contributed by atoms with Crippen LogP contribution in [-0.2, 0) is 20.9 Å². The molecule has 1 aliphatic heterocycles. The first kappa shape index (κ1) is 23.7. The Kier molecular flexibility index (Phi) is 7.83. The Hall–Kier alpha value is -2.61. The van der Waals surface area contributed by atoms with Gasteiger partial charge in [-0.15, -0.1) is 0 Å². The van der Waals surface area contributed by atoms with E-state index in [1.54, 1.807) is 39.5 Å². The van der Waals surface area contributed by atoms with E-state index in [9.17, 15) is 14.4 Å². The number of alkyl carbamates (subject to hydrolysis) is 1. The first-order valence-corrected chi connectivity index (χ1v) is 10.2. The van der Waals surface area contributed by atoms with Gasteiger partial charge in [-0.3, -0.25) is 10.1 Å². The van der Waals surface area contributed by atoms with Gasteiger partial charge in [0.1, 0.15) is 12.2 Å². The Morgan fingerprint density at radius 3 is 2.43 bits per heavy atom. The fourth-order valence-electron chi connectivity index (χ4n) is 3.23. The molecule has 8 nitrogen and oxygen atoms in total. The van der Waals surface area contributed by atoms with Gasteiger partial charge in [0.15, 0.2) is 0 Å². The molecule has 8 heteroatoms. The molecule has 3 amide bonds. The highest BCUT2D eigenvalue weighted by Crippen LogP contribution is 2.26. The van der Waals surface area contributed by atoms with Crippen molar-refractivity contribution in [2.24, 2.45) is 5.41 Å². The van der Waals surface area contributed by atoms with Crippen LogP contribution >= 0.6 is 0 Å². The summed E-state index contributed by atoms with van der Waals surface area (Å²) in [7, 11) is 0. The number of hydrogen-bond donors (Lipinski definition) is 2. The van der Waals surface area contributed by atoms with Gasteiger partial charge in [0.05, 0.1) is 0 Å². The molecule has 1 fully saturated rings. The summed E-state index contributed by atoms with van der Waals surface area (Å²) in [5, 5.41) is 5.56. The number of carbonyl (C=O) groups is 3. The molecule has 1 saturated heterocycles. The molecular weight excluding hydrogens is 386 g/mol. The summed E-state index contributed by atoms with van der Waals surface area (Å²) in [5.74, 6) is -0.445. The second kappa shape index (κ2) is 9.93. The first-order chi connectivity index (χ1) is 14.0. The Morgan fingerprint density at radius 2 is 1.80 bits per heavy atom. The number of hydrogen-bond acceptors (Lipinski definition) is 6. The molecular formula is C22H33N3O5. The normalized spacial score (nSPS) is 17.2. The van der Waals surface area contributed by atoms with Crippen LogP contribution in [0.1, 0.15) is 46.6 Å². The standard InChI is InChI=1S/C22H33N3O5/c1-21(2,3)30-19(27)24-18(26)22(4,5)13-17-14-23-11-12-25(17)20(28)29-15-16-9-7-6-8-10-16/h6-10,17,23H,11-15H2,1-5H3,(H,24,26,27)/t17-/m0/s1. The van der Waals surface area contributed by atoms with Gasteiger partial charge in [-0.05, 0) is 32.8 Å². The third kappa shape index (κ3) is 7.33. The van der Waals surface area contributed by atoms with Gasteiger partial charge in [0.2, 0.25) is 5.91 Å². The molecule has 1 heterocycles. The van der Waals surface area contributed by atoms with Crippen LogP contribution in [0.25, 0.3) is 0 Å². The van der Waals surface area contributed by atoms with Gasteiger partial charge < -0.3 is 19.7 Å². The van der Waals surface area contributed by atoms with E-state index >= 15 is 0 Å². The predicted octanol–water partition coefficient (Wildman–Crippen LogP) is 3.06. The number of carbonyl (C=O) groups excluding carboxylic acids is 3. The molecule has 0 unspecified atom stereocenters. The Bertz CT molecular complexity index is 743. The number of nitrogens with zero attached hydrogens (tertiary/aromatic N) is 1. The maximum Gasteiger partial charge on any atom is 0.414 e. The van der Waals surface area contributed by atoms with Crippen LogP contribution in [0, 0.1) is 5.41 Å². The molecule has 1 aliphatic rings. The van der Waals surface area contributed by atoms with Crippen molar-refractivity contribution < 1.29 is 23.9 Å². The van der Waals surface area contributed by atoms with Crippen LogP contribution in [0.3, 0.4) is 0 Å². The molecule has 0 saturated carbocycles. The largest absolute Gasteiger partial charge is 0.445 e. The zero-order valence-corrected chi connectivity index (χ0v) is 18.5. The zero-order valence-electron chi connectivity index (χ0n) is 18.5. The number of piperazine rings is 1. The summed E-state index contributed by atoms with van der Waals surface area (Å²) < 4.78 is 10.6. The fourth-order valence-corrected chi connectivity index (χ4v) is 3.23. The zero-order chi connectivity index (χ0) is 22.4. The molecule has 0 aromatic heterocycles. The minimum atomic E-state index is -0.890. The minimum absolute atomic E-state index is 0.193. The lowest BCUT2D eigenvalue weighted by Gasteiger charge is -2.39. The summed E-state index contributed by atoms with van der Waals surface area (Å²) in [6, 6.07) is 9.24. The van der Waals surface area contributed by atoms with Crippen molar-refractivity contribution >= 4 is 18.1 Å². The van der Waals surface area contributed by atoms with E-state index in [-0.39, 0.29) is 12.6 Å². The fraction of sp³-hybridized carbons (Fsp3) is 0.591. The lowest BCUT2D eigenvalue weighted by atomic mass is 9.83. The molecule has 0 radical (unpaired) electrons. The lowest BCUT2D eigenvalue weighted by molar-refractivity contribution is -0.130. The maximum absolute atomic E-state index is 12.7. The molecule has 1 atom stereocenters. The van der Waals surface area contributed by atoms with Gasteiger partial charge in [0, 0.05) is 31.1 Å². The van der Waals surface area contributed by atoms with Crippen LogP contribution in [0.15, 0.2) is 30.3 Å². The molecule has 2 N–H and O–H groups in total. The average molecular weight is 420 g/mol. The van der Waals surface area contributed by atoms with Crippen molar-refractivity contribution in [2.45, 2.75) is 59.3 Å². The van der Waals surface area contributed by atoms with Crippen molar-refractivity contribution in [1.29, 1.82) is 0 Å². The van der Waals surface area contributed by atoms with E-state index in [1.165, 1.54) is 0 Å². The van der Waals surface area contributed by atoms with Gasteiger partial charge in [0.25, 0.3) is 0 Å². The molecule has 1 aromatic rings. The third-order valence-corrected chi connectivity index (χ3v) is 4.76. The van der Waals surface area contributed by atoms with E-state index < -0.39 is 29.1 Å². The monoisotopic (exact) mass is 419 g/mol. The van der Waals surface area contributed by atoms with Gasteiger partial charge in [-0.25, -0.2) is 9.59 Å². The van der Waals surface area contributed by atoms with Crippen LogP contribution in [-0.4, -0.2) is 54.3 Å². The number of imide groups is 1. The molecule has 1 aromatic carbocycles. The van der Waals surface area contributed by atoms with E-state index in [1.807, 2.05) is 30.3 Å². The molecule has 0 spiro atoms. The molecule has 0 aliphatic carbocycles. The van der Waals surface area contributed by atoms with Crippen LogP contribution < -0.4 is 10.6 Å². The van der Waals surface area contributed by atoms with Gasteiger partial charge >= 0.3 is 12.2 Å². The van der Waals surface area contributed by atoms with Crippen LogP contribution in [0.5, 0.6) is 0 Å². The minimum Gasteiger partial charge on any atom is -0.445 e. The smallest absolute Gasteiger partial charge is 0.414 e. The Balaban J connectivity index is 1.96. The number of rotatable bonds is 5. The Labute approximate surface area is 178 Å². The lowest BCUT2D eigenvalue weighted by Crippen LogP contribution is -2.56. The van der Waals surface area contributed by atoms with Gasteiger partial charge in [-0.1, -0.05) is 44.2 Å². The number of ether oxygens (including phenoxy) is 2. The summed E-state index contributed by atoms with van der Waals surface area (Å²) >= 11 is 0. The highest BCUT2D eigenvalue weighted by molar-refractivity contribution is 5.95. The molecule has 2 rings (SSSR count). The van der Waals surface area contributed by atoms with E-state index in [0.29, 0.717) is 26.1 Å². The van der Waals surface area contributed by atoms with Crippen molar-refractivity contribution in [3.05, 3.63) is 35.9 Å². The van der Waals surface area contributed by atoms with Crippen LogP contribution in [0.4, 0.5) is 9.59 Å². The molecule has 0 bridgehead atoms. The predicted molar refractivity (Wildman–Crippen MR) is 113 cm³/mol. The quantitative estimate of drug-likeness (QED) is 0.761. The summed E-state index contributed by atoms with van der Waals surface area (Å²) in [6.45, 7) is 10.6. The number of benzene rings is 1. The first-order valence-electron chi connectivity index (χ1n) is 10.2. The highest BCUT2D eigenvalue weighted by atomic mass is 16.6. The summed E-state index contributed by atoms with van der Waals surface area (Å²) in [5.41, 5.74) is -0.672. The number of nitrogens with one attached hydrogen (secondary N) is 2. The Morgan fingerprint density at radius 1 is 1.13 bits per heavy atom. The van der Waals surface area contributed by atoms with E-state index in [0.717, 1.165) is 5.56 Å². The molecule has 30 heavy (non-hydrogen) atoms. The topological polar surface area (TPSA) is 97.0 Å². The highest BCUT2D eigenvalue weighted by Gasteiger charge is 2.37. The second-order valence-electron chi connectivity index (χ2n) is 9.14. The molecule has 166 valence electrons. The van der Waals surface area contributed by atoms with Gasteiger partial charge in [-0.2, -0.15) is 0 Å². The van der Waals surface area contributed by atoms with E-state index in [2.05, 4.69) is 10.6 Å². The van der Waals surface area contributed by atoms with Crippen molar-refractivity contribution in [3.63, 3.8) is 0 Å². The SMILES string of the molecule is CC(C)(C)OC(=O)NC(=O)C(C)(C)C[C@H]1CNCCN1C(=O)OCc1ccccc1. The average Bonchev–Trinajstić information content (AvgIpc) is 2.65. The third-order valence-electron chi connectivity index (χ3n) is 4.76. The van der Waals surface area contributed by atoms with Crippen molar-refractivity contribution in [2.75, 3.05) is 19.6 Å². The summed E-state index contributed by atoms with van der Waals surface area (Å²) in [4.78, 5) is 38.9. The maximum atomic E-state index is 12.7. The number of amides is 3. The van der Waals surface area contributed by atoms with E-state index in [4.69, 9.17) is 9.47 Å².